The van der Waals surface area contributed by atoms with Crippen molar-refractivity contribution in [2.45, 2.75) is 13.5 Å². The Labute approximate surface area is 181 Å². The van der Waals surface area contributed by atoms with Gasteiger partial charge < -0.3 is 5.32 Å². The molecule has 154 valence electrons. The highest BCUT2D eigenvalue weighted by Crippen LogP contribution is 2.31. The fourth-order valence-corrected chi connectivity index (χ4v) is 4.62. The predicted molar refractivity (Wildman–Crippen MR) is 121 cm³/mol. The summed E-state index contributed by atoms with van der Waals surface area (Å²) in [7, 11) is 0. The molecule has 2 aromatic heterocycles. The first kappa shape index (κ1) is 19.2. The van der Waals surface area contributed by atoms with Crippen LogP contribution in [0.25, 0.3) is 21.3 Å². The Kier molecular flexibility index (Phi) is 4.63. The van der Waals surface area contributed by atoms with Crippen molar-refractivity contribution in [3.8, 4) is 11.1 Å². The standard InChI is InChI=1S/C23H18N4O3S/c1-14-6-8-15(9-7-14)16-12-31-22-21(16)23(30)26(13-24-22)11-20(29)27-10-19(28)25-17-4-2-3-5-18(17)27/h2-9,12-13H,10-11H2,1H3,(H,25,28). The average Bonchev–Trinajstić information content (AvgIpc) is 3.20. The van der Waals surface area contributed by atoms with Crippen LogP contribution in [0.1, 0.15) is 5.56 Å². The van der Waals surface area contributed by atoms with E-state index >= 15 is 0 Å². The number of para-hydroxylation sites is 2. The van der Waals surface area contributed by atoms with Gasteiger partial charge in [-0.3, -0.25) is 23.9 Å². The van der Waals surface area contributed by atoms with Gasteiger partial charge >= 0.3 is 0 Å². The summed E-state index contributed by atoms with van der Waals surface area (Å²) < 4.78 is 1.31. The molecule has 1 N–H and O–H groups in total. The molecule has 0 radical (unpaired) electrons. The normalized spacial score (nSPS) is 13.2. The van der Waals surface area contributed by atoms with Gasteiger partial charge in [0.05, 0.1) is 23.1 Å². The first-order chi connectivity index (χ1) is 15.0. The first-order valence-electron chi connectivity index (χ1n) is 9.74. The summed E-state index contributed by atoms with van der Waals surface area (Å²) >= 11 is 1.40. The van der Waals surface area contributed by atoms with Gasteiger partial charge in [-0.15, -0.1) is 11.3 Å². The number of amides is 2. The molecule has 2 aromatic carbocycles. The fourth-order valence-electron chi connectivity index (χ4n) is 3.71. The summed E-state index contributed by atoms with van der Waals surface area (Å²) in [5.41, 5.74) is 3.79. The molecule has 2 amide bonds. The van der Waals surface area contributed by atoms with Crippen LogP contribution in [0.2, 0.25) is 0 Å². The highest BCUT2D eigenvalue weighted by atomic mass is 32.1. The van der Waals surface area contributed by atoms with E-state index in [0.29, 0.717) is 21.6 Å². The van der Waals surface area contributed by atoms with Gasteiger partial charge in [0.25, 0.3) is 5.56 Å². The Morgan fingerprint density at radius 2 is 1.90 bits per heavy atom. The second-order valence-electron chi connectivity index (χ2n) is 7.42. The van der Waals surface area contributed by atoms with Crippen molar-refractivity contribution in [3.05, 3.63) is 76.2 Å². The van der Waals surface area contributed by atoms with E-state index in [1.807, 2.05) is 36.6 Å². The molecule has 0 unspecified atom stereocenters. The lowest BCUT2D eigenvalue weighted by Gasteiger charge is -2.29. The number of carbonyl (C=O) groups excluding carboxylic acids is 2. The van der Waals surface area contributed by atoms with Crippen molar-refractivity contribution in [2.24, 2.45) is 0 Å². The first-order valence-corrected chi connectivity index (χ1v) is 10.6. The molecule has 3 heterocycles. The summed E-state index contributed by atoms with van der Waals surface area (Å²) in [6.07, 6.45) is 1.40. The zero-order chi connectivity index (χ0) is 21.5. The number of hydrogen-bond acceptors (Lipinski definition) is 5. The van der Waals surface area contributed by atoms with Crippen LogP contribution in [0.15, 0.2) is 65.0 Å². The molecular formula is C23H18N4O3S. The van der Waals surface area contributed by atoms with Crippen LogP contribution in [0.4, 0.5) is 11.4 Å². The number of nitrogens with one attached hydrogen (secondary N) is 1. The molecule has 8 heteroatoms. The summed E-state index contributed by atoms with van der Waals surface area (Å²) in [4.78, 5) is 44.8. The predicted octanol–water partition coefficient (Wildman–Crippen LogP) is 3.42. The van der Waals surface area contributed by atoms with E-state index in [1.54, 1.807) is 24.3 Å². The Morgan fingerprint density at radius 3 is 2.71 bits per heavy atom. The minimum Gasteiger partial charge on any atom is -0.323 e. The van der Waals surface area contributed by atoms with Crippen LogP contribution >= 0.6 is 11.3 Å². The maximum absolute atomic E-state index is 13.3. The van der Waals surface area contributed by atoms with Crippen molar-refractivity contribution in [1.82, 2.24) is 9.55 Å². The minimum atomic E-state index is -0.349. The van der Waals surface area contributed by atoms with Crippen molar-refractivity contribution in [3.63, 3.8) is 0 Å². The van der Waals surface area contributed by atoms with E-state index < -0.39 is 0 Å². The molecule has 1 aliphatic heterocycles. The lowest BCUT2D eigenvalue weighted by Crippen LogP contribution is -2.44. The Morgan fingerprint density at radius 1 is 1.13 bits per heavy atom. The number of carbonyl (C=O) groups is 2. The Balaban J connectivity index is 1.52. The molecule has 0 spiro atoms. The molecule has 0 saturated carbocycles. The van der Waals surface area contributed by atoms with E-state index in [4.69, 9.17) is 0 Å². The van der Waals surface area contributed by atoms with Crippen molar-refractivity contribution < 1.29 is 9.59 Å². The number of aryl methyl sites for hydroxylation is 1. The quantitative estimate of drug-likeness (QED) is 0.540. The molecular weight excluding hydrogens is 412 g/mol. The molecule has 0 bridgehead atoms. The van der Waals surface area contributed by atoms with E-state index in [2.05, 4.69) is 10.3 Å². The van der Waals surface area contributed by atoms with Crippen molar-refractivity contribution >= 4 is 44.7 Å². The highest BCUT2D eigenvalue weighted by Gasteiger charge is 2.27. The number of fused-ring (bicyclic) bond motifs is 2. The summed E-state index contributed by atoms with van der Waals surface area (Å²) in [6.45, 7) is 1.72. The monoisotopic (exact) mass is 430 g/mol. The van der Waals surface area contributed by atoms with Gasteiger partial charge in [-0.2, -0.15) is 0 Å². The van der Waals surface area contributed by atoms with Crippen LogP contribution in [0.5, 0.6) is 0 Å². The van der Waals surface area contributed by atoms with Gasteiger partial charge in [0, 0.05) is 10.9 Å². The number of hydrogen-bond donors (Lipinski definition) is 1. The van der Waals surface area contributed by atoms with Crippen LogP contribution in [0.3, 0.4) is 0 Å². The SMILES string of the molecule is Cc1ccc(-c2csc3ncn(CC(=O)N4CC(=O)Nc5ccccc54)c(=O)c23)cc1. The van der Waals surface area contributed by atoms with Crippen LogP contribution in [0, 0.1) is 6.92 Å². The maximum atomic E-state index is 13.3. The molecule has 0 atom stereocenters. The van der Waals surface area contributed by atoms with Gasteiger partial charge in [-0.05, 0) is 24.6 Å². The number of benzene rings is 2. The molecule has 31 heavy (non-hydrogen) atoms. The average molecular weight is 430 g/mol. The third-order valence-electron chi connectivity index (χ3n) is 5.30. The molecule has 4 aromatic rings. The van der Waals surface area contributed by atoms with Crippen molar-refractivity contribution in [1.29, 1.82) is 0 Å². The number of anilines is 2. The van der Waals surface area contributed by atoms with E-state index in [-0.39, 0.29) is 30.5 Å². The minimum absolute atomic E-state index is 0.0899. The smallest absolute Gasteiger partial charge is 0.263 e. The molecule has 5 rings (SSSR count). The highest BCUT2D eigenvalue weighted by molar-refractivity contribution is 7.17. The van der Waals surface area contributed by atoms with Crippen LogP contribution < -0.4 is 15.8 Å². The molecule has 0 saturated heterocycles. The molecule has 0 aliphatic carbocycles. The van der Waals surface area contributed by atoms with Crippen LogP contribution in [-0.2, 0) is 16.1 Å². The molecule has 7 nitrogen and oxygen atoms in total. The zero-order valence-electron chi connectivity index (χ0n) is 16.7. The topological polar surface area (TPSA) is 84.3 Å². The Hall–Kier alpha value is -3.78. The third kappa shape index (κ3) is 3.40. The molecule has 0 fully saturated rings. The van der Waals surface area contributed by atoms with E-state index in [1.165, 1.54) is 27.1 Å². The second-order valence-corrected chi connectivity index (χ2v) is 8.28. The fraction of sp³-hybridized carbons (Fsp3) is 0.130. The summed E-state index contributed by atoms with van der Waals surface area (Å²) in [6, 6.07) is 15.0. The van der Waals surface area contributed by atoms with Crippen molar-refractivity contribution in [2.75, 3.05) is 16.8 Å². The van der Waals surface area contributed by atoms with Gasteiger partial charge in [0.15, 0.2) is 0 Å². The number of thiophene rings is 1. The Bertz CT molecular complexity index is 1390. The van der Waals surface area contributed by atoms with Gasteiger partial charge in [-0.25, -0.2) is 4.98 Å². The maximum Gasteiger partial charge on any atom is 0.263 e. The molecule has 1 aliphatic rings. The van der Waals surface area contributed by atoms with Gasteiger partial charge in [-0.1, -0.05) is 42.0 Å². The van der Waals surface area contributed by atoms with Gasteiger partial charge in [0.1, 0.15) is 17.9 Å². The lowest BCUT2D eigenvalue weighted by atomic mass is 10.1. The number of aromatic nitrogens is 2. The van der Waals surface area contributed by atoms with E-state index in [0.717, 1.165) is 16.7 Å². The number of rotatable bonds is 3. The van der Waals surface area contributed by atoms with E-state index in [9.17, 15) is 14.4 Å². The second kappa shape index (κ2) is 7.48. The van der Waals surface area contributed by atoms with Crippen LogP contribution in [-0.4, -0.2) is 27.9 Å². The van der Waals surface area contributed by atoms with Gasteiger partial charge in [0.2, 0.25) is 11.8 Å². The number of nitrogens with zero attached hydrogens (tertiary/aromatic N) is 3. The summed E-state index contributed by atoms with van der Waals surface area (Å²) in [5.74, 6) is -0.620. The summed E-state index contributed by atoms with van der Waals surface area (Å²) in [5, 5.41) is 5.18. The third-order valence-corrected chi connectivity index (χ3v) is 6.19. The largest absolute Gasteiger partial charge is 0.323 e. The lowest BCUT2D eigenvalue weighted by molar-refractivity contribution is -0.122. The zero-order valence-corrected chi connectivity index (χ0v) is 17.5.